The van der Waals surface area contributed by atoms with Gasteiger partial charge in [0.15, 0.2) is 5.78 Å². The predicted octanol–water partition coefficient (Wildman–Crippen LogP) is 1.40. The average Bonchev–Trinajstić information content (AvgIpc) is 3.08. The van der Waals surface area contributed by atoms with Crippen molar-refractivity contribution in [3.8, 4) is 0 Å². The van der Waals surface area contributed by atoms with Crippen LogP contribution < -0.4 is 4.72 Å². The van der Waals surface area contributed by atoms with Gasteiger partial charge in [-0.15, -0.1) is 0 Å². The Bertz CT molecular complexity index is 694. The fourth-order valence-corrected chi connectivity index (χ4v) is 4.84. The Hall–Kier alpha value is -1.35. The van der Waals surface area contributed by atoms with Crippen LogP contribution in [0.1, 0.15) is 36.0 Å². The van der Waals surface area contributed by atoms with Gasteiger partial charge in [0, 0.05) is 37.8 Å². The molecule has 0 unspecified atom stereocenters. The van der Waals surface area contributed by atoms with Crippen LogP contribution in [-0.2, 0) is 10.2 Å². The summed E-state index contributed by atoms with van der Waals surface area (Å²) in [5, 5.41) is 0. The highest BCUT2D eigenvalue weighted by molar-refractivity contribution is 7.87. The minimum atomic E-state index is -3.45. The van der Waals surface area contributed by atoms with E-state index in [0.29, 0.717) is 31.7 Å². The largest absolute Gasteiger partial charge is 0.293 e. The molecule has 1 aliphatic carbocycles. The number of Topliss-reactive ketones (excluding diaryl/α,β-unsaturated/α-hetero) is 1. The van der Waals surface area contributed by atoms with Crippen molar-refractivity contribution in [3.05, 3.63) is 35.6 Å². The molecule has 0 spiro atoms. The van der Waals surface area contributed by atoms with Gasteiger partial charge in [-0.2, -0.15) is 17.4 Å². The molecule has 6 nitrogen and oxygen atoms in total. The summed E-state index contributed by atoms with van der Waals surface area (Å²) in [6.45, 7) is 1.99. The second kappa shape index (κ2) is 7.90. The highest BCUT2D eigenvalue weighted by Gasteiger charge is 2.30. The van der Waals surface area contributed by atoms with Crippen LogP contribution in [-0.4, -0.2) is 62.2 Å². The quantitative estimate of drug-likeness (QED) is 0.770. The summed E-state index contributed by atoms with van der Waals surface area (Å²) in [5.74, 6) is -0.453. The molecule has 138 valence electrons. The van der Waals surface area contributed by atoms with Gasteiger partial charge in [0.05, 0.1) is 6.54 Å². The van der Waals surface area contributed by atoms with Crippen LogP contribution >= 0.6 is 0 Å². The minimum Gasteiger partial charge on any atom is -0.293 e. The van der Waals surface area contributed by atoms with E-state index >= 15 is 0 Å². The Morgan fingerprint density at radius 1 is 1.08 bits per heavy atom. The summed E-state index contributed by atoms with van der Waals surface area (Å²) in [4.78, 5) is 14.2. The molecule has 1 saturated carbocycles. The number of nitrogens with zero attached hydrogens (tertiary/aromatic N) is 2. The molecule has 1 aromatic carbocycles. The average molecular weight is 369 g/mol. The number of ketones is 1. The van der Waals surface area contributed by atoms with Gasteiger partial charge in [0.25, 0.3) is 10.2 Å². The SMILES string of the molecule is O=C(CN1CCN(S(=O)(=O)NC2CCCC2)CC1)c1ccc(F)cc1. The third-order valence-electron chi connectivity index (χ3n) is 4.88. The van der Waals surface area contributed by atoms with Crippen LogP contribution in [0.25, 0.3) is 0 Å². The lowest BCUT2D eigenvalue weighted by Crippen LogP contribution is -2.54. The molecule has 1 heterocycles. The molecule has 0 bridgehead atoms. The first-order valence-corrected chi connectivity index (χ1v) is 10.2. The van der Waals surface area contributed by atoms with Gasteiger partial charge < -0.3 is 0 Å². The summed E-state index contributed by atoms with van der Waals surface area (Å²) in [6, 6.07) is 5.55. The number of piperazine rings is 1. The maximum Gasteiger partial charge on any atom is 0.279 e. The zero-order valence-corrected chi connectivity index (χ0v) is 15.0. The Kier molecular flexibility index (Phi) is 5.83. The first-order valence-electron chi connectivity index (χ1n) is 8.72. The summed E-state index contributed by atoms with van der Waals surface area (Å²) >= 11 is 0. The minimum absolute atomic E-state index is 0.0584. The third-order valence-corrected chi connectivity index (χ3v) is 6.55. The van der Waals surface area contributed by atoms with Crippen LogP contribution in [0, 0.1) is 5.82 Å². The normalized spacial score (nSPS) is 20.8. The zero-order chi connectivity index (χ0) is 17.9. The number of halogens is 1. The van der Waals surface area contributed by atoms with Gasteiger partial charge in [-0.3, -0.25) is 9.69 Å². The van der Waals surface area contributed by atoms with E-state index in [0.717, 1.165) is 25.7 Å². The van der Waals surface area contributed by atoms with E-state index in [2.05, 4.69) is 4.72 Å². The number of nitrogens with one attached hydrogen (secondary N) is 1. The Morgan fingerprint density at radius 2 is 1.68 bits per heavy atom. The van der Waals surface area contributed by atoms with Crippen LogP contribution in [0.2, 0.25) is 0 Å². The van der Waals surface area contributed by atoms with Crippen molar-refractivity contribution >= 4 is 16.0 Å². The molecule has 1 aliphatic heterocycles. The molecule has 1 saturated heterocycles. The highest BCUT2D eigenvalue weighted by Crippen LogP contribution is 2.19. The van der Waals surface area contributed by atoms with E-state index in [9.17, 15) is 17.6 Å². The van der Waals surface area contributed by atoms with Crippen molar-refractivity contribution in [1.29, 1.82) is 0 Å². The topological polar surface area (TPSA) is 69.7 Å². The Morgan fingerprint density at radius 3 is 2.28 bits per heavy atom. The molecule has 1 N–H and O–H groups in total. The Labute approximate surface area is 148 Å². The predicted molar refractivity (Wildman–Crippen MR) is 93.1 cm³/mol. The van der Waals surface area contributed by atoms with Crippen molar-refractivity contribution in [2.24, 2.45) is 0 Å². The van der Waals surface area contributed by atoms with E-state index in [1.165, 1.54) is 28.6 Å². The van der Waals surface area contributed by atoms with E-state index in [4.69, 9.17) is 0 Å². The molecule has 8 heteroatoms. The molecule has 0 atom stereocenters. The maximum absolute atomic E-state index is 12.9. The van der Waals surface area contributed by atoms with Gasteiger partial charge in [-0.1, -0.05) is 12.8 Å². The summed E-state index contributed by atoms with van der Waals surface area (Å²) in [7, 11) is -3.45. The number of carbonyl (C=O) groups is 1. The van der Waals surface area contributed by atoms with Crippen LogP contribution in [0.3, 0.4) is 0 Å². The maximum atomic E-state index is 12.9. The second-order valence-corrected chi connectivity index (χ2v) is 8.41. The molecule has 25 heavy (non-hydrogen) atoms. The molecule has 0 amide bonds. The van der Waals surface area contributed by atoms with Crippen molar-refractivity contribution < 1.29 is 17.6 Å². The third kappa shape index (κ3) is 4.84. The molecule has 3 rings (SSSR count). The molecular weight excluding hydrogens is 345 g/mol. The first-order chi connectivity index (χ1) is 11.9. The Balaban J connectivity index is 1.49. The van der Waals surface area contributed by atoms with Crippen molar-refractivity contribution in [2.75, 3.05) is 32.7 Å². The number of hydrogen-bond acceptors (Lipinski definition) is 4. The summed E-state index contributed by atoms with van der Waals surface area (Å²) in [5.41, 5.74) is 0.472. The van der Waals surface area contributed by atoms with E-state index in [1.807, 2.05) is 4.90 Å². The lowest BCUT2D eigenvalue weighted by molar-refractivity contribution is 0.0901. The van der Waals surface area contributed by atoms with E-state index in [1.54, 1.807) is 0 Å². The standard InChI is InChI=1S/C17H24FN3O3S/c18-15-7-5-14(6-8-15)17(22)13-20-9-11-21(12-10-20)25(23,24)19-16-3-1-2-4-16/h5-8,16,19H,1-4,9-13H2. The van der Waals surface area contributed by atoms with Crippen LogP contribution in [0.15, 0.2) is 24.3 Å². The fraction of sp³-hybridized carbons (Fsp3) is 0.588. The van der Waals surface area contributed by atoms with Gasteiger partial charge in [-0.05, 0) is 37.1 Å². The summed E-state index contributed by atoms with van der Waals surface area (Å²) < 4.78 is 42.0. The number of carbonyl (C=O) groups excluding carboxylic acids is 1. The van der Waals surface area contributed by atoms with E-state index < -0.39 is 10.2 Å². The van der Waals surface area contributed by atoms with Crippen LogP contribution in [0.5, 0.6) is 0 Å². The van der Waals surface area contributed by atoms with Gasteiger partial charge in [0.2, 0.25) is 0 Å². The lowest BCUT2D eigenvalue weighted by atomic mass is 10.1. The first kappa shape index (κ1) is 18.4. The molecule has 2 fully saturated rings. The molecule has 2 aliphatic rings. The molecule has 0 aromatic heterocycles. The van der Waals surface area contributed by atoms with Gasteiger partial charge in [0.1, 0.15) is 5.82 Å². The smallest absolute Gasteiger partial charge is 0.279 e. The van der Waals surface area contributed by atoms with Crippen molar-refractivity contribution in [1.82, 2.24) is 13.9 Å². The lowest BCUT2D eigenvalue weighted by Gasteiger charge is -2.34. The van der Waals surface area contributed by atoms with Gasteiger partial charge >= 0.3 is 0 Å². The number of hydrogen-bond donors (Lipinski definition) is 1. The monoisotopic (exact) mass is 369 g/mol. The zero-order valence-electron chi connectivity index (χ0n) is 14.2. The van der Waals surface area contributed by atoms with Gasteiger partial charge in [-0.25, -0.2) is 4.39 Å². The number of rotatable bonds is 6. The van der Waals surface area contributed by atoms with Crippen LogP contribution in [0.4, 0.5) is 4.39 Å². The molecule has 1 aromatic rings. The molecule has 0 radical (unpaired) electrons. The molecular formula is C17H24FN3O3S. The fourth-order valence-electron chi connectivity index (χ4n) is 3.39. The van der Waals surface area contributed by atoms with Crippen molar-refractivity contribution in [2.45, 2.75) is 31.7 Å². The highest BCUT2D eigenvalue weighted by atomic mass is 32.2. The summed E-state index contributed by atoms with van der Waals surface area (Å²) in [6.07, 6.45) is 3.97. The second-order valence-electron chi connectivity index (χ2n) is 6.71. The number of benzene rings is 1. The van der Waals surface area contributed by atoms with E-state index in [-0.39, 0.29) is 24.2 Å². The van der Waals surface area contributed by atoms with Crippen molar-refractivity contribution in [3.63, 3.8) is 0 Å².